The highest BCUT2D eigenvalue weighted by Gasteiger charge is 2.10. The first kappa shape index (κ1) is 13.8. The zero-order valence-electron chi connectivity index (χ0n) is 11.4. The lowest BCUT2D eigenvalue weighted by Crippen LogP contribution is -2.08. The molecule has 0 spiro atoms. The Hall–Kier alpha value is -1.62. The molecule has 0 aliphatic carbocycles. The molecule has 0 bridgehead atoms. The fourth-order valence-corrected chi connectivity index (χ4v) is 1.78. The summed E-state index contributed by atoms with van der Waals surface area (Å²) in [6.07, 6.45) is 4.48. The average molecular weight is 280 g/mol. The number of nitrogens with zero attached hydrogens (tertiary/aromatic N) is 4. The van der Waals surface area contributed by atoms with E-state index in [-0.39, 0.29) is 0 Å². The van der Waals surface area contributed by atoms with Crippen LogP contribution in [0, 0.1) is 0 Å². The summed E-state index contributed by atoms with van der Waals surface area (Å²) in [7, 11) is 0. The summed E-state index contributed by atoms with van der Waals surface area (Å²) < 4.78 is 1.69. The van der Waals surface area contributed by atoms with Gasteiger partial charge in [-0.3, -0.25) is 0 Å². The van der Waals surface area contributed by atoms with E-state index in [1.807, 2.05) is 12.3 Å². The zero-order valence-corrected chi connectivity index (χ0v) is 12.1. The summed E-state index contributed by atoms with van der Waals surface area (Å²) >= 11 is 6.14. The van der Waals surface area contributed by atoms with E-state index in [1.54, 1.807) is 10.9 Å². The second-order valence-electron chi connectivity index (χ2n) is 4.63. The quantitative estimate of drug-likeness (QED) is 0.913. The smallest absolute Gasteiger partial charge is 0.224 e. The highest BCUT2D eigenvalue weighted by molar-refractivity contribution is 6.32. The van der Waals surface area contributed by atoms with E-state index >= 15 is 0 Å². The molecule has 0 saturated carbocycles. The molecule has 0 fully saturated rings. The standard InChI is InChI=1S/C13H18ClN5/c1-4-6-15-13-16-8-10(14)12(17-13)19-7-5-11(18-19)9(2)3/h5,7-9H,4,6H2,1-3H3,(H,15,16,17). The monoisotopic (exact) mass is 279 g/mol. The number of hydrogen-bond acceptors (Lipinski definition) is 4. The number of anilines is 1. The van der Waals surface area contributed by atoms with Crippen LogP contribution in [0.5, 0.6) is 0 Å². The van der Waals surface area contributed by atoms with E-state index in [4.69, 9.17) is 11.6 Å². The SMILES string of the molecule is CCCNc1ncc(Cl)c(-n2ccc(C(C)C)n2)n1. The fraction of sp³-hybridized carbons (Fsp3) is 0.462. The third-order valence-electron chi connectivity index (χ3n) is 2.68. The highest BCUT2D eigenvalue weighted by Crippen LogP contribution is 2.20. The molecule has 0 atom stereocenters. The number of hydrogen-bond donors (Lipinski definition) is 1. The van der Waals surface area contributed by atoms with Gasteiger partial charge in [0.15, 0.2) is 5.82 Å². The maximum Gasteiger partial charge on any atom is 0.224 e. The van der Waals surface area contributed by atoms with Gasteiger partial charge in [-0.1, -0.05) is 32.4 Å². The van der Waals surface area contributed by atoms with Gasteiger partial charge in [0.25, 0.3) is 0 Å². The zero-order chi connectivity index (χ0) is 13.8. The van der Waals surface area contributed by atoms with Crippen molar-refractivity contribution in [3.63, 3.8) is 0 Å². The van der Waals surface area contributed by atoms with Crippen LogP contribution >= 0.6 is 11.6 Å². The van der Waals surface area contributed by atoms with E-state index < -0.39 is 0 Å². The van der Waals surface area contributed by atoms with Crippen LogP contribution in [0.1, 0.15) is 38.8 Å². The highest BCUT2D eigenvalue weighted by atomic mass is 35.5. The van der Waals surface area contributed by atoms with E-state index in [0.29, 0.717) is 22.7 Å². The van der Waals surface area contributed by atoms with Gasteiger partial charge in [-0.15, -0.1) is 0 Å². The normalized spacial score (nSPS) is 11.0. The molecule has 0 aliphatic rings. The second-order valence-corrected chi connectivity index (χ2v) is 5.04. The minimum atomic E-state index is 0.375. The maximum absolute atomic E-state index is 6.14. The molecular formula is C13H18ClN5. The van der Waals surface area contributed by atoms with Crippen molar-refractivity contribution < 1.29 is 0 Å². The van der Waals surface area contributed by atoms with Crippen LogP contribution in [-0.2, 0) is 0 Å². The van der Waals surface area contributed by atoms with Gasteiger partial charge in [0, 0.05) is 12.7 Å². The summed E-state index contributed by atoms with van der Waals surface area (Å²) in [5, 5.41) is 8.10. The van der Waals surface area contributed by atoms with Crippen molar-refractivity contribution in [2.45, 2.75) is 33.1 Å². The van der Waals surface area contributed by atoms with Crippen molar-refractivity contribution in [1.29, 1.82) is 0 Å². The molecule has 0 unspecified atom stereocenters. The molecule has 0 aliphatic heterocycles. The summed E-state index contributed by atoms with van der Waals surface area (Å²) in [4.78, 5) is 8.55. The lowest BCUT2D eigenvalue weighted by molar-refractivity contribution is 0.756. The van der Waals surface area contributed by atoms with Gasteiger partial charge in [0.05, 0.1) is 11.9 Å². The molecule has 0 aromatic carbocycles. The van der Waals surface area contributed by atoms with Crippen LogP contribution in [0.2, 0.25) is 5.02 Å². The molecule has 2 aromatic rings. The number of aromatic nitrogens is 4. The third kappa shape index (κ3) is 3.23. The third-order valence-corrected chi connectivity index (χ3v) is 2.94. The van der Waals surface area contributed by atoms with Crippen LogP contribution in [0.4, 0.5) is 5.95 Å². The molecule has 2 heterocycles. The van der Waals surface area contributed by atoms with Crippen molar-refractivity contribution in [2.24, 2.45) is 0 Å². The molecule has 0 radical (unpaired) electrons. The van der Waals surface area contributed by atoms with E-state index in [2.05, 4.69) is 41.2 Å². The number of nitrogens with one attached hydrogen (secondary N) is 1. The van der Waals surface area contributed by atoms with Crippen LogP contribution in [0.3, 0.4) is 0 Å². The van der Waals surface area contributed by atoms with Crippen molar-refractivity contribution >= 4 is 17.5 Å². The van der Waals surface area contributed by atoms with Gasteiger partial charge in [-0.25, -0.2) is 9.67 Å². The molecule has 2 aromatic heterocycles. The lowest BCUT2D eigenvalue weighted by atomic mass is 10.1. The summed E-state index contributed by atoms with van der Waals surface area (Å²) in [5.74, 6) is 1.55. The maximum atomic E-state index is 6.14. The minimum absolute atomic E-state index is 0.375. The van der Waals surface area contributed by atoms with Gasteiger partial charge in [-0.05, 0) is 18.4 Å². The molecule has 19 heavy (non-hydrogen) atoms. The molecule has 0 saturated heterocycles. The Labute approximate surface area is 118 Å². The molecule has 102 valence electrons. The van der Waals surface area contributed by atoms with Crippen molar-refractivity contribution in [3.8, 4) is 5.82 Å². The van der Waals surface area contributed by atoms with Crippen molar-refractivity contribution in [2.75, 3.05) is 11.9 Å². The van der Waals surface area contributed by atoms with Gasteiger partial charge in [-0.2, -0.15) is 10.1 Å². The second kappa shape index (κ2) is 6.02. The molecule has 6 heteroatoms. The Balaban J connectivity index is 2.31. The number of halogens is 1. The molecule has 0 amide bonds. The predicted octanol–water partition coefficient (Wildman–Crippen LogP) is 3.26. The largest absolute Gasteiger partial charge is 0.354 e. The van der Waals surface area contributed by atoms with E-state index in [0.717, 1.165) is 18.7 Å². The Morgan fingerprint density at radius 2 is 2.21 bits per heavy atom. The average Bonchev–Trinajstić information content (AvgIpc) is 2.87. The van der Waals surface area contributed by atoms with Gasteiger partial charge in [0.1, 0.15) is 5.02 Å². The summed E-state index contributed by atoms with van der Waals surface area (Å²) in [5.41, 5.74) is 1.01. The van der Waals surface area contributed by atoms with Crippen molar-refractivity contribution in [3.05, 3.63) is 29.2 Å². The first-order chi connectivity index (χ1) is 9.11. The van der Waals surface area contributed by atoms with Crippen LogP contribution in [0.25, 0.3) is 5.82 Å². The Morgan fingerprint density at radius 1 is 1.42 bits per heavy atom. The first-order valence-corrected chi connectivity index (χ1v) is 6.82. The van der Waals surface area contributed by atoms with Crippen LogP contribution in [-0.4, -0.2) is 26.3 Å². The first-order valence-electron chi connectivity index (χ1n) is 6.44. The van der Waals surface area contributed by atoms with Crippen LogP contribution < -0.4 is 5.32 Å². The van der Waals surface area contributed by atoms with E-state index in [9.17, 15) is 0 Å². The topological polar surface area (TPSA) is 55.6 Å². The summed E-state index contributed by atoms with van der Waals surface area (Å²) in [6, 6.07) is 1.97. The lowest BCUT2D eigenvalue weighted by Gasteiger charge is -2.07. The summed E-state index contributed by atoms with van der Waals surface area (Å²) in [6.45, 7) is 7.12. The van der Waals surface area contributed by atoms with E-state index in [1.165, 1.54) is 0 Å². The Bertz CT molecular complexity index is 550. The van der Waals surface area contributed by atoms with Gasteiger partial charge in [0.2, 0.25) is 5.95 Å². The molecule has 2 rings (SSSR count). The minimum Gasteiger partial charge on any atom is -0.354 e. The Morgan fingerprint density at radius 3 is 2.84 bits per heavy atom. The fourth-order valence-electron chi connectivity index (χ4n) is 1.60. The molecular weight excluding hydrogens is 262 g/mol. The molecule has 5 nitrogen and oxygen atoms in total. The van der Waals surface area contributed by atoms with Gasteiger partial charge < -0.3 is 5.32 Å². The van der Waals surface area contributed by atoms with Crippen molar-refractivity contribution in [1.82, 2.24) is 19.7 Å². The van der Waals surface area contributed by atoms with Gasteiger partial charge >= 0.3 is 0 Å². The van der Waals surface area contributed by atoms with Crippen LogP contribution in [0.15, 0.2) is 18.5 Å². The molecule has 1 N–H and O–H groups in total. The predicted molar refractivity (Wildman–Crippen MR) is 77.0 cm³/mol. The number of rotatable bonds is 5. The Kier molecular flexibility index (Phi) is 4.37.